The van der Waals surface area contributed by atoms with E-state index in [1.165, 1.54) is 5.56 Å². The number of sulfonamides is 1. The van der Waals surface area contributed by atoms with Gasteiger partial charge in [0, 0.05) is 44.6 Å². The molecule has 2 rings (SSSR count). The maximum absolute atomic E-state index is 11.8. The normalized spacial score (nSPS) is 18.2. The van der Waals surface area contributed by atoms with Gasteiger partial charge in [-0.3, -0.25) is 0 Å². The summed E-state index contributed by atoms with van der Waals surface area (Å²) in [5.41, 5.74) is 1.30. The third-order valence-electron chi connectivity index (χ3n) is 4.10. The first-order valence-corrected chi connectivity index (χ1v) is 9.52. The number of nitrogens with one attached hydrogen (secondary N) is 1. The standard InChI is InChI=1S/C15H27N3O2S/c1-3-8-17-9-5-14(13-17)12-16-15-6-10-18(11-7-15)21(19,20)4-2/h5,9,13,15-16H,3-4,6-8,10-12H2,1-2H3. The zero-order valence-corrected chi connectivity index (χ0v) is 13.9. The van der Waals surface area contributed by atoms with Crippen LogP contribution in [-0.4, -0.2) is 42.2 Å². The zero-order valence-electron chi connectivity index (χ0n) is 13.1. The lowest BCUT2D eigenvalue weighted by molar-refractivity contribution is 0.289. The SMILES string of the molecule is CCCn1ccc(CNC2CCN(S(=O)(=O)CC)CC2)c1. The first-order valence-electron chi connectivity index (χ1n) is 7.91. The molecule has 0 saturated carbocycles. The van der Waals surface area contributed by atoms with Crippen LogP contribution in [0.25, 0.3) is 0 Å². The van der Waals surface area contributed by atoms with Crippen molar-refractivity contribution in [3.05, 3.63) is 24.0 Å². The van der Waals surface area contributed by atoms with Crippen LogP contribution in [0.2, 0.25) is 0 Å². The quantitative estimate of drug-likeness (QED) is 0.835. The summed E-state index contributed by atoms with van der Waals surface area (Å²) in [6.07, 6.45) is 7.25. The first-order chi connectivity index (χ1) is 10.0. The minimum atomic E-state index is -3.01. The van der Waals surface area contributed by atoms with Crippen molar-refractivity contribution in [3.8, 4) is 0 Å². The Balaban J connectivity index is 1.76. The summed E-state index contributed by atoms with van der Waals surface area (Å²) in [4.78, 5) is 0. The van der Waals surface area contributed by atoms with Crippen LogP contribution in [0.4, 0.5) is 0 Å². The molecule has 1 saturated heterocycles. The second-order valence-corrected chi connectivity index (χ2v) is 7.97. The van der Waals surface area contributed by atoms with Crippen molar-refractivity contribution < 1.29 is 8.42 Å². The number of aromatic nitrogens is 1. The van der Waals surface area contributed by atoms with Crippen LogP contribution in [0.1, 0.15) is 38.7 Å². The fourth-order valence-electron chi connectivity index (χ4n) is 2.78. The number of hydrogen-bond acceptors (Lipinski definition) is 3. The van der Waals surface area contributed by atoms with E-state index in [0.717, 1.165) is 32.4 Å². The third-order valence-corrected chi connectivity index (χ3v) is 5.98. The van der Waals surface area contributed by atoms with Gasteiger partial charge in [0.1, 0.15) is 0 Å². The van der Waals surface area contributed by atoms with E-state index in [2.05, 4.69) is 35.3 Å². The Morgan fingerprint density at radius 3 is 2.62 bits per heavy atom. The van der Waals surface area contributed by atoms with Gasteiger partial charge in [-0.05, 0) is 37.8 Å². The Hall–Kier alpha value is -0.850. The number of aryl methyl sites for hydroxylation is 1. The molecule has 1 aliphatic heterocycles. The fourth-order valence-corrected chi connectivity index (χ4v) is 3.91. The zero-order chi connectivity index (χ0) is 15.3. The molecule has 0 unspecified atom stereocenters. The Labute approximate surface area is 128 Å². The third kappa shape index (κ3) is 4.56. The van der Waals surface area contributed by atoms with Crippen molar-refractivity contribution >= 4 is 10.0 Å². The minimum absolute atomic E-state index is 0.204. The maximum atomic E-state index is 11.8. The summed E-state index contributed by atoms with van der Waals surface area (Å²) < 4.78 is 27.5. The molecule has 6 heteroatoms. The predicted octanol–water partition coefficient (Wildman–Crippen LogP) is 1.80. The second-order valence-electron chi connectivity index (χ2n) is 5.71. The van der Waals surface area contributed by atoms with Crippen LogP contribution in [0.5, 0.6) is 0 Å². The Bertz CT molecular complexity index is 531. The van der Waals surface area contributed by atoms with E-state index in [9.17, 15) is 8.42 Å². The van der Waals surface area contributed by atoms with Gasteiger partial charge >= 0.3 is 0 Å². The predicted molar refractivity (Wildman–Crippen MR) is 85.6 cm³/mol. The molecule has 0 bridgehead atoms. The molecule has 1 aromatic rings. The van der Waals surface area contributed by atoms with E-state index in [-0.39, 0.29) is 5.75 Å². The Morgan fingerprint density at radius 2 is 2.00 bits per heavy atom. The molecule has 5 nitrogen and oxygen atoms in total. The summed E-state index contributed by atoms with van der Waals surface area (Å²) in [6, 6.07) is 2.57. The summed E-state index contributed by atoms with van der Waals surface area (Å²) in [5, 5.41) is 3.55. The van der Waals surface area contributed by atoms with Gasteiger partial charge in [-0.15, -0.1) is 0 Å². The molecule has 2 heterocycles. The van der Waals surface area contributed by atoms with Crippen LogP contribution in [0, 0.1) is 0 Å². The molecule has 21 heavy (non-hydrogen) atoms. The van der Waals surface area contributed by atoms with Crippen molar-refractivity contribution in [2.45, 2.75) is 52.2 Å². The molecule has 1 aliphatic rings. The Morgan fingerprint density at radius 1 is 1.29 bits per heavy atom. The molecule has 1 fully saturated rings. The molecule has 1 N–H and O–H groups in total. The van der Waals surface area contributed by atoms with Crippen LogP contribution >= 0.6 is 0 Å². The van der Waals surface area contributed by atoms with E-state index < -0.39 is 10.0 Å². The monoisotopic (exact) mass is 313 g/mol. The van der Waals surface area contributed by atoms with Gasteiger partial charge in [0.2, 0.25) is 10.0 Å². The van der Waals surface area contributed by atoms with Gasteiger partial charge < -0.3 is 9.88 Å². The lowest BCUT2D eigenvalue weighted by Crippen LogP contribution is -2.45. The van der Waals surface area contributed by atoms with Crippen LogP contribution in [0.15, 0.2) is 18.5 Å². The van der Waals surface area contributed by atoms with E-state index in [0.29, 0.717) is 19.1 Å². The number of piperidine rings is 1. The molecule has 0 radical (unpaired) electrons. The van der Waals surface area contributed by atoms with E-state index in [4.69, 9.17) is 0 Å². The summed E-state index contributed by atoms with van der Waals surface area (Å²) in [7, 11) is -3.01. The summed E-state index contributed by atoms with van der Waals surface area (Å²) >= 11 is 0. The van der Waals surface area contributed by atoms with Crippen molar-refractivity contribution in [2.24, 2.45) is 0 Å². The van der Waals surface area contributed by atoms with Gasteiger partial charge in [-0.25, -0.2) is 12.7 Å². The molecule has 1 aromatic heterocycles. The number of nitrogens with zero attached hydrogens (tertiary/aromatic N) is 2. The van der Waals surface area contributed by atoms with Crippen LogP contribution in [0.3, 0.4) is 0 Å². The molecular weight excluding hydrogens is 286 g/mol. The number of rotatable bonds is 7. The maximum Gasteiger partial charge on any atom is 0.213 e. The molecule has 0 aromatic carbocycles. The average molecular weight is 313 g/mol. The highest BCUT2D eigenvalue weighted by Gasteiger charge is 2.26. The van der Waals surface area contributed by atoms with Gasteiger partial charge in [0.15, 0.2) is 0 Å². The highest BCUT2D eigenvalue weighted by atomic mass is 32.2. The molecule has 0 spiro atoms. The van der Waals surface area contributed by atoms with Gasteiger partial charge in [-0.2, -0.15) is 0 Å². The van der Waals surface area contributed by atoms with E-state index >= 15 is 0 Å². The van der Waals surface area contributed by atoms with Crippen molar-refractivity contribution in [1.82, 2.24) is 14.2 Å². The first kappa shape index (κ1) is 16.5. The topological polar surface area (TPSA) is 54.3 Å². The molecule has 0 amide bonds. The smallest absolute Gasteiger partial charge is 0.213 e. The fraction of sp³-hybridized carbons (Fsp3) is 0.733. The second kappa shape index (κ2) is 7.42. The van der Waals surface area contributed by atoms with Gasteiger partial charge in [0.25, 0.3) is 0 Å². The lowest BCUT2D eigenvalue weighted by Gasteiger charge is -2.31. The minimum Gasteiger partial charge on any atom is -0.354 e. The van der Waals surface area contributed by atoms with Crippen LogP contribution in [-0.2, 0) is 23.1 Å². The van der Waals surface area contributed by atoms with Crippen LogP contribution < -0.4 is 5.32 Å². The summed E-state index contributed by atoms with van der Waals surface area (Å²) in [5.74, 6) is 0.204. The highest BCUT2D eigenvalue weighted by Crippen LogP contribution is 2.15. The summed E-state index contributed by atoms with van der Waals surface area (Å²) in [6.45, 7) is 7.10. The molecule has 0 aliphatic carbocycles. The molecule has 120 valence electrons. The lowest BCUT2D eigenvalue weighted by atomic mass is 10.1. The molecular formula is C15H27N3O2S. The van der Waals surface area contributed by atoms with Crippen molar-refractivity contribution in [3.63, 3.8) is 0 Å². The number of hydrogen-bond donors (Lipinski definition) is 1. The highest BCUT2D eigenvalue weighted by molar-refractivity contribution is 7.89. The van der Waals surface area contributed by atoms with Gasteiger partial charge in [-0.1, -0.05) is 6.92 Å². The van der Waals surface area contributed by atoms with Crippen molar-refractivity contribution in [2.75, 3.05) is 18.8 Å². The van der Waals surface area contributed by atoms with Crippen molar-refractivity contribution in [1.29, 1.82) is 0 Å². The van der Waals surface area contributed by atoms with Gasteiger partial charge in [0.05, 0.1) is 5.75 Å². The van der Waals surface area contributed by atoms with E-state index in [1.807, 2.05) is 0 Å². The largest absolute Gasteiger partial charge is 0.354 e. The molecule has 0 atom stereocenters. The average Bonchev–Trinajstić information content (AvgIpc) is 2.94. The Kier molecular flexibility index (Phi) is 5.84. The van der Waals surface area contributed by atoms with E-state index in [1.54, 1.807) is 11.2 Å².